The van der Waals surface area contributed by atoms with Gasteiger partial charge in [0.2, 0.25) is 0 Å². The van der Waals surface area contributed by atoms with Gasteiger partial charge in [-0.15, -0.1) is 0 Å². The average Bonchev–Trinajstić information content (AvgIpc) is 2.36. The van der Waals surface area contributed by atoms with Gasteiger partial charge in [0.1, 0.15) is 5.75 Å². The molecule has 0 atom stereocenters. The largest absolute Gasteiger partial charge is 0.497 e. The Morgan fingerprint density at radius 2 is 2.11 bits per heavy atom. The number of ether oxygens (including phenoxy) is 1. The Kier molecular flexibility index (Phi) is 5.03. The SMILES string of the molecule is COc1ccc(NCCCC(C)(C)C#N)c(C)c1. The van der Waals surface area contributed by atoms with E-state index in [-0.39, 0.29) is 5.41 Å². The Morgan fingerprint density at radius 1 is 1.39 bits per heavy atom. The Balaban J connectivity index is 2.43. The summed E-state index contributed by atoms with van der Waals surface area (Å²) in [7, 11) is 1.67. The van der Waals surface area contributed by atoms with Crippen LogP contribution in [0.25, 0.3) is 0 Å². The van der Waals surface area contributed by atoms with E-state index in [1.54, 1.807) is 7.11 Å². The van der Waals surface area contributed by atoms with Crippen molar-refractivity contribution in [3.63, 3.8) is 0 Å². The van der Waals surface area contributed by atoms with Crippen molar-refractivity contribution in [1.29, 1.82) is 5.26 Å². The van der Waals surface area contributed by atoms with Crippen LogP contribution in [0.15, 0.2) is 18.2 Å². The highest BCUT2D eigenvalue weighted by molar-refractivity contribution is 5.53. The number of anilines is 1. The summed E-state index contributed by atoms with van der Waals surface area (Å²) in [6, 6.07) is 8.32. The van der Waals surface area contributed by atoms with Gasteiger partial charge in [-0.05, 0) is 57.4 Å². The van der Waals surface area contributed by atoms with Gasteiger partial charge in [0, 0.05) is 12.2 Å². The number of hydrogen-bond donors (Lipinski definition) is 1. The highest BCUT2D eigenvalue weighted by Crippen LogP contribution is 2.23. The molecule has 1 aromatic carbocycles. The lowest BCUT2D eigenvalue weighted by Crippen LogP contribution is -2.11. The molecule has 0 aliphatic heterocycles. The summed E-state index contributed by atoms with van der Waals surface area (Å²) in [5, 5.41) is 12.3. The van der Waals surface area contributed by atoms with Gasteiger partial charge in [-0.2, -0.15) is 5.26 Å². The van der Waals surface area contributed by atoms with Crippen LogP contribution in [0.1, 0.15) is 32.3 Å². The average molecular weight is 246 g/mol. The topological polar surface area (TPSA) is 45.0 Å². The number of nitrogens with one attached hydrogen (secondary N) is 1. The molecular formula is C15H22N2O. The van der Waals surface area contributed by atoms with E-state index in [0.29, 0.717) is 0 Å². The monoisotopic (exact) mass is 246 g/mol. The molecule has 3 heteroatoms. The maximum absolute atomic E-state index is 8.93. The molecule has 3 nitrogen and oxygen atoms in total. The van der Waals surface area contributed by atoms with Crippen molar-refractivity contribution >= 4 is 5.69 Å². The van der Waals surface area contributed by atoms with Gasteiger partial charge >= 0.3 is 0 Å². The molecule has 0 aliphatic carbocycles. The third-order valence-electron chi connectivity index (χ3n) is 3.03. The lowest BCUT2D eigenvalue weighted by Gasteiger charge is -2.16. The third kappa shape index (κ3) is 4.29. The summed E-state index contributed by atoms with van der Waals surface area (Å²) < 4.78 is 5.17. The number of benzene rings is 1. The number of methoxy groups -OCH3 is 1. The second kappa shape index (κ2) is 6.30. The van der Waals surface area contributed by atoms with Gasteiger partial charge in [0.25, 0.3) is 0 Å². The Morgan fingerprint density at radius 3 is 2.67 bits per heavy atom. The van der Waals surface area contributed by atoms with E-state index in [4.69, 9.17) is 10.00 Å². The summed E-state index contributed by atoms with van der Waals surface area (Å²) in [5.74, 6) is 0.878. The van der Waals surface area contributed by atoms with E-state index >= 15 is 0 Å². The minimum atomic E-state index is -0.226. The highest BCUT2D eigenvalue weighted by atomic mass is 16.5. The summed E-state index contributed by atoms with van der Waals surface area (Å²) in [5.41, 5.74) is 2.08. The summed E-state index contributed by atoms with van der Waals surface area (Å²) in [6.07, 6.45) is 1.90. The van der Waals surface area contributed by atoms with Crippen molar-refractivity contribution in [1.82, 2.24) is 0 Å². The first-order chi connectivity index (χ1) is 8.48. The number of nitrogens with zero attached hydrogens (tertiary/aromatic N) is 1. The van der Waals surface area contributed by atoms with Gasteiger partial charge in [0.05, 0.1) is 18.6 Å². The first-order valence-electron chi connectivity index (χ1n) is 6.28. The Bertz CT molecular complexity index is 433. The zero-order valence-corrected chi connectivity index (χ0v) is 11.7. The Labute approximate surface area is 110 Å². The van der Waals surface area contributed by atoms with E-state index in [2.05, 4.69) is 18.3 Å². The molecule has 18 heavy (non-hydrogen) atoms. The molecular weight excluding hydrogens is 224 g/mol. The van der Waals surface area contributed by atoms with Gasteiger partial charge in [-0.3, -0.25) is 0 Å². The van der Waals surface area contributed by atoms with Gasteiger partial charge in [-0.25, -0.2) is 0 Å². The second-order valence-corrected chi connectivity index (χ2v) is 5.21. The second-order valence-electron chi connectivity index (χ2n) is 5.21. The fraction of sp³-hybridized carbons (Fsp3) is 0.533. The standard InChI is InChI=1S/C15H22N2O/c1-12-10-13(18-4)6-7-14(12)17-9-5-8-15(2,3)11-16/h6-7,10,17H,5,8-9H2,1-4H3. The first-order valence-corrected chi connectivity index (χ1v) is 6.28. The molecule has 0 heterocycles. The minimum Gasteiger partial charge on any atom is -0.497 e. The van der Waals surface area contributed by atoms with Crippen LogP contribution in [0.5, 0.6) is 5.75 Å². The number of rotatable bonds is 6. The molecule has 1 aromatic rings. The normalized spacial score (nSPS) is 10.8. The molecule has 98 valence electrons. The molecule has 0 fully saturated rings. The van der Waals surface area contributed by atoms with Crippen LogP contribution in [-0.4, -0.2) is 13.7 Å². The fourth-order valence-corrected chi connectivity index (χ4v) is 1.77. The molecule has 1 N–H and O–H groups in total. The van der Waals surface area contributed by atoms with Gasteiger partial charge < -0.3 is 10.1 Å². The quantitative estimate of drug-likeness (QED) is 0.777. The molecule has 0 bridgehead atoms. The van der Waals surface area contributed by atoms with Crippen molar-refractivity contribution in [3.8, 4) is 11.8 Å². The van der Waals surface area contributed by atoms with Crippen LogP contribution in [0.3, 0.4) is 0 Å². The Hall–Kier alpha value is -1.69. The first kappa shape index (κ1) is 14.4. The van der Waals surface area contributed by atoms with Crippen LogP contribution >= 0.6 is 0 Å². The number of aryl methyl sites for hydroxylation is 1. The van der Waals surface area contributed by atoms with Crippen LogP contribution in [0.4, 0.5) is 5.69 Å². The van der Waals surface area contributed by atoms with Gasteiger partial charge in [0.15, 0.2) is 0 Å². The van der Waals surface area contributed by atoms with E-state index in [1.165, 1.54) is 5.56 Å². The van der Waals surface area contributed by atoms with Gasteiger partial charge in [-0.1, -0.05) is 0 Å². The van der Waals surface area contributed by atoms with E-state index < -0.39 is 0 Å². The smallest absolute Gasteiger partial charge is 0.119 e. The molecule has 0 saturated carbocycles. The predicted molar refractivity (Wildman–Crippen MR) is 74.8 cm³/mol. The van der Waals surface area contributed by atoms with Crippen molar-refractivity contribution in [2.24, 2.45) is 5.41 Å². The predicted octanol–water partition coefficient (Wildman–Crippen LogP) is 3.75. The zero-order chi connectivity index (χ0) is 13.6. The van der Waals surface area contributed by atoms with E-state index in [0.717, 1.165) is 30.8 Å². The van der Waals surface area contributed by atoms with Crippen molar-refractivity contribution in [2.75, 3.05) is 19.0 Å². The van der Waals surface area contributed by atoms with Crippen molar-refractivity contribution in [2.45, 2.75) is 33.6 Å². The summed E-state index contributed by atoms with van der Waals surface area (Å²) >= 11 is 0. The van der Waals surface area contributed by atoms with Crippen LogP contribution < -0.4 is 10.1 Å². The van der Waals surface area contributed by atoms with Crippen LogP contribution in [0, 0.1) is 23.7 Å². The molecule has 0 saturated heterocycles. The third-order valence-corrected chi connectivity index (χ3v) is 3.03. The molecule has 0 unspecified atom stereocenters. The zero-order valence-electron chi connectivity index (χ0n) is 11.7. The van der Waals surface area contributed by atoms with E-state index in [1.807, 2.05) is 32.0 Å². The minimum absolute atomic E-state index is 0.226. The lowest BCUT2D eigenvalue weighted by atomic mass is 9.90. The molecule has 0 radical (unpaired) electrons. The maximum Gasteiger partial charge on any atom is 0.119 e. The van der Waals surface area contributed by atoms with E-state index in [9.17, 15) is 0 Å². The maximum atomic E-state index is 8.93. The molecule has 1 rings (SSSR count). The number of nitriles is 1. The highest BCUT2D eigenvalue weighted by Gasteiger charge is 2.15. The molecule has 0 aliphatic rings. The molecule has 0 spiro atoms. The summed E-state index contributed by atoms with van der Waals surface area (Å²) in [6.45, 7) is 6.90. The molecule has 0 aromatic heterocycles. The van der Waals surface area contributed by atoms with Crippen molar-refractivity contribution < 1.29 is 4.74 Å². The van der Waals surface area contributed by atoms with Crippen LogP contribution in [0.2, 0.25) is 0 Å². The lowest BCUT2D eigenvalue weighted by molar-refractivity contribution is 0.414. The summed E-state index contributed by atoms with van der Waals surface area (Å²) in [4.78, 5) is 0. The van der Waals surface area contributed by atoms with Crippen molar-refractivity contribution in [3.05, 3.63) is 23.8 Å². The molecule has 0 amide bonds. The fourth-order valence-electron chi connectivity index (χ4n) is 1.77. The number of hydrogen-bond acceptors (Lipinski definition) is 3. The van der Waals surface area contributed by atoms with Crippen LogP contribution in [-0.2, 0) is 0 Å².